The van der Waals surface area contributed by atoms with Crippen LogP contribution < -0.4 is 5.32 Å². The fourth-order valence-corrected chi connectivity index (χ4v) is 2.72. The summed E-state index contributed by atoms with van der Waals surface area (Å²) in [5.74, 6) is 0. The lowest BCUT2D eigenvalue weighted by molar-refractivity contribution is -0.383. The SMILES string of the molecule is CC(CNc1ccc(Cl)cc1[N+](=O)[O-])N1CCCCC1. The molecule has 20 heavy (non-hydrogen) atoms. The number of likely N-dealkylation sites (tertiary alicyclic amines) is 1. The molecule has 0 saturated carbocycles. The van der Waals surface area contributed by atoms with Crippen molar-refractivity contribution < 1.29 is 4.92 Å². The van der Waals surface area contributed by atoms with Gasteiger partial charge in [0.05, 0.1) is 4.92 Å². The van der Waals surface area contributed by atoms with Crippen LogP contribution in [0.5, 0.6) is 0 Å². The molecule has 1 aromatic carbocycles. The van der Waals surface area contributed by atoms with E-state index in [1.165, 1.54) is 25.3 Å². The smallest absolute Gasteiger partial charge is 0.293 e. The molecule has 1 saturated heterocycles. The van der Waals surface area contributed by atoms with Crippen LogP contribution in [-0.4, -0.2) is 35.5 Å². The van der Waals surface area contributed by atoms with Gasteiger partial charge >= 0.3 is 0 Å². The minimum atomic E-state index is -0.403. The summed E-state index contributed by atoms with van der Waals surface area (Å²) in [6, 6.07) is 5.09. The number of nitro groups is 1. The van der Waals surface area contributed by atoms with E-state index >= 15 is 0 Å². The van der Waals surface area contributed by atoms with Crippen LogP contribution in [-0.2, 0) is 0 Å². The highest BCUT2D eigenvalue weighted by atomic mass is 35.5. The monoisotopic (exact) mass is 297 g/mol. The Morgan fingerprint density at radius 2 is 2.10 bits per heavy atom. The number of nitrogens with one attached hydrogen (secondary N) is 1. The van der Waals surface area contributed by atoms with Gasteiger partial charge in [0.2, 0.25) is 0 Å². The Bertz CT molecular complexity index is 475. The highest BCUT2D eigenvalue weighted by molar-refractivity contribution is 6.30. The van der Waals surface area contributed by atoms with E-state index in [9.17, 15) is 10.1 Å². The number of hydrogen-bond acceptors (Lipinski definition) is 4. The Kier molecular flexibility index (Phi) is 5.20. The zero-order chi connectivity index (χ0) is 14.5. The Hall–Kier alpha value is -1.33. The Morgan fingerprint density at radius 1 is 1.40 bits per heavy atom. The third kappa shape index (κ3) is 3.84. The van der Waals surface area contributed by atoms with Crippen molar-refractivity contribution in [1.29, 1.82) is 0 Å². The molecule has 1 aliphatic heterocycles. The molecule has 0 aromatic heterocycles. The van der Waals surface area contributed by atoms with E-state index in [2.05, 4.69) is 17.1 Å². The number of hydrogen-bond donors (Lipinski definition) is 1. The Labute approximate surface area is 124 Å². The number of anilines is 1. The fraction of sp³-hybridized carbons (Fsp3) is 0.571. The summed E-state index contributed by atoms with van der Waals surface area (Å²) in [6.07, 6.45) is 3.79. The molecule has 1 N–H and O–H groups in total. The quantitative estimate of drug-likeness (QED) is 0.667. The van der Waals surface area contributed by atoms with Gasteiger partial charge in [-0.1, -0.05) is 18.0 Å². The zero-order valence-electron chi connectivity index (χ0n) is 11.6. The molecule has 1 heterocycles. The van der Waals surface area contributed by atoms with Crippen LogP contribution in [0.15, 0.2) is 18.2 Å². The molecule has 1 unspecified atom stereocenters. The molecule has 0 spiro atoms. The topological polar surface area (TPSA) is 58.4 Å². The summed E-state index contributed by atoms with van der Waals surface area (Å²) in [6.45, 7) is 5.08. The van der Waals surface area contributed by atoms with E-state index < -0.39 is 4.92 Å². The van der Waals surface area contributed by atoms with Gasteiger partial charge in [0, 0.05) is 23.7 Å². The van der Waals surface area contributed by atoms with Gasteiger partial charge in [-0.3, -0.25) is 15.0 Å². The number of piperidine rings is 1. The summed E-state index contributed by atoms with van der Waals surface area (Å²) >= 11 is 5.80. The Morgan fingerprint density at radius 3 is 2.75 bits per heavy atom. The lowest BCUT2D eigenvalue weighted by Gasteiger charge is -2.32. The highest BCUT2D eigenvalue weighted by Gasteiger charge is 2.18. The molecule has 2 rings (SSSR count). The van der Waals surface area contributed by atoms with Crippen LogP contribution in [0.25, 0.3) is 0 Å². The van der Waals surface area contributed by atoms with Crippen LogP contribution in [0.4, 0.5) is 11.4 Å². The maximum atomic E-state index is 11.0. The van der Waals surface area contributed by atoms with Crippen molar-refractivity contribution in [1.82, 2.24) is 4.90 Å². The van der Waals surface area contributed by atoms with Crippen LogP contribution in [0.3, 0.4) is 0 Å². The fourth-order valence-electron chi connectivity index (χ4n) is 2.55. The van der Waals surface area contributed by atoms with Gasteiger partial charge in [-0.05, 0) is 45.0 Å². The summed E-state index contributed by atoms with van der Waals surface area (Å²) in [5, 5.41) is 14.6. The molecule has 0 amide bonds. The normalized spacial score (nSPS) is 17.7. The maximum absolute atomic E-state index is 11.0. The number of benzene rings is 1. The third-order valence-electron chi connectivity index (χ3n) is 3.76. The van der Waals surface area contributed by atoms with Gasteiger partial charge in [-0.25, -0.2) is 0 Å². The predicted molar refractivity (Wildman–Crippen MR) is 81.5 cm³/mol. The molecule has 0 aliphatic carbocycles. The van der Waals surface area contributed by atoms with E-state index in [1.807, 2.05) is 0 Å². The minimum absolute atomic E-state index is 0.0309. The van der Waals surface area contributed by atoms with Crippen molar-refractivity contribution in [2.24, 2.45) is 0 Å². The minimum Gasteiger partial charge on any atom is -0.378 e. The first kappa shape index (κ1) is 15.1. The van der Waals surface area contributed by atoms with Crippen molar-refractivity contribution in [2.45, 2.75) is 32.2 Å². The van der Waals surface area contributed by atoms with Crippen molar-refractivity contribution in [3.8, 4) is 0 Å². The third-order valence-corrected chi connectivity index (χ3v) is 3.99. The van der Waals surface area contributed by atoms with Crippen molar-refractivity contribution >= 4 is 23.0 Å². The van der Waals surface area contributed by atoms with E-state index in [0.717, 1.165) is 13.1 Å². The summed E-state index contributed by atoms with van der Waals surface area (Å²) in [4.78, 5) is 13.0. The lowest BCUT2D eigenvalue weighted by atomic mass is 10.1. The molecule has 1 atom stereocenters. The Balaban J connectivity index is 1.97. The molecule has 110 valence electrons. The van der Waals surface area contributed by atoms with Gasteiger partial charge in [0.25, 0.3) is 5.69 Å². The summed E-state index contributed by atoms with van der Waals surface area (Å²) in [5.41, 5.74) is 0.562. The van der Waals surface area contributed by atoms with Crippen molar-refractivity contribution in [3.05, 3.63) is 33.3 Å². The molecular formula is C14H20ClN3O2. The number of rotatable bonds is 5. The molecule has 1 fully saturated rings. The molecule has 0 radical (unpaired) electrons. The number of nitrogens with zero attached hydrogens (tertiary/aromatic N) is 2. The van der Waals surface area contributed by atoms with Crippen molar-refractivity contribution in [3.63, 3.8) is 0 Å². The van der Waals surface area contributed by atoms with Gasteiger partial charge in [0.1, 0.15) is 5.69 Å². The first-order valence-corrected chi connectivity index (χ1v) is 7.37. The highest BCUT2D eigenvalue weighted by Crippen LogP contribution is 2.27. The average Bonchev–Trinajstić information content (AvgIpc) is 2.46. The van der Waals surface area contributed by atoms with Crippen LogP contribution in [0.1, 0.15) is 26.2 Å². The molecule has 6 heteroatoms. The predicted octanol–water partition coefficient (Wildman–Crippen LogP) is 3.53. The van der Waals surface area contributed by atoms with E-state index in [1.54, 1.807) is 12.1 Å². The zero-order valence-corrected chi connectivity index (χ0v) is 12.4. The second-order valence-corrected chi connectivity index (χ2v) is 5.68. The second-order valence-electron chi connectivity index (χ2n) is 5.25. The molecule has 0 bridgehead atoms. The average molecular weight is 298 g/mol. The molecule has 1 aromatic rings. The maximum Gasteiger partial charge on any atom is 0.293 e. The van der Waals surface area contributed by atoms with Gasteiger partial charge in [-0.2, -0.15) is 0 Å². The largest absolute Gasteiger partial charge is 0.378 e. The number of nitro benzene ring substituents is 1. The van der Waals surface area contributed by atoms with Gasteiger partial charge in [-0.15, -0.1) is 0 Å². The molecule has 5 nitrogen and oxygen atoms in total. The first-order valence-electron chi connectivity index (χ1n) is 7.00. The summed E-state index contributed by atoms with van der Waals surface area (Å²) < 4.78 is 0. The van der Waals surface area contributed by atoms with E-state index in [-0.39, 0.29) is 5.69 Å². The van der Waals surface area contributed by atoms with E-state index in [0.29, 0.717) is 23.3 Å². The molecule has 1 aliphatic rings. The summed E-state index contributed by atoms with van der Waals surface area (Å²) in [7, 11) is 0. The standard InChI is InChI=1S/C14H20ClN3O2/c1-11(17-7-3-2-4-8-17)10-16-13-6-5-12(15)9-14(13)18(19)20/h5-6,9,11,16H,2-4,7-8,10H2,1H3. The van der Waals surface area contributed by atoms with Gasteiger partial charge in [0.15, 0.2) is 0 Å². The second kappa shape index (κ2) is 6.90. The lowest BCUT2D eigenvalue weighted by Crippen LogP contribution is -2.41. The first-order chi connectivity index (χ1) is 9.58. The van der Waals surface area contributed by atoms with Crippen LogP contribution in [0.2, 0.25) is 5.02 Å². The van der Waals surface area contributed by atoms with Crippen LogP contribution in [0, 0.1) is 10.1 Å². The van der Waals surface area contributed by atoms with Crippen molar-refractivity contribution in [2.75, 3.05) is 25.0 Å². The van der Waals surface area contributed by atoms with E-state index in [4.69, 9.17) is 11.6 Å². The number of halogens is 1. The van der Waals surface area contributed by atoms with Crippen LogP contribution >= 0.6 is 11.6 Å². The molecular weight excluding hydrogens is 278 g/mol. The van der Waals surface area contributed by atoms with Gasteiger partial charge < -0.3 is 5.32 Å².